The Morgan fingerprint density at radius 2 is 1.80 bits per heavy atom. The van der Waals surface area contributed by atoms with Crippen LogP contribution in [0.1, 0.15) is 38.2 Å². The second-order valence-corrected chi connectivity index (χ2v) is 8.62. The summed E-state index contributed by atoms with van der Waals surface area (Å²) in [6, 6.07) is 4.16. The number of carboxylic acid groups (broad SMARTS) is 1. The Morgan fingerprint density at radius 3 is 2.37 bits per heavy atom. The Bertz CT molecular complexity index is 924. The van der Waals surface area contributed by atoms with Gasteiger partial charge in [0.1, 0.15) is 18.1 Å². The molecule has 35 heavy (non-hydrogen) atoms. The highest BCUT2D eigenvalue weighted by Crippen LogP contribution is 2.20. The molecule has 1 aliphatic heterocycles. The van der Waals surface area contributed by atoms with E-state index < -0.39 is 59.9 Å². The second-order valence-electron chi connectivity index (χ2n) is 8.62. The number of carbonyl (C=O) groups excluding carboxylic acids is 4. The maximum Gasteiger partial charge on any atom is 0.326 e. The highest BCUT2D eigenvalue weighted by Gasteiger charge is 2.40. The maximum absolute atomic E-state index is 13.2. The van der Waals surface area contributed by atoms with Crippen molar-refractivity contribution in [1.82, 2.24) is 15.5 Å². The average molecular weight is 492 g/mol. The third-order valence-corrected chi connectivity index (χ3v) is 5.82. The fourth-order valence-electron chi connectivity index (χ4n) is 3.88. The number of carboxylic acids is 1. The molecule has 1 heterocycles. The number of carbonyl (C=O) groups is 5. The van der Waals surface area contributed by atoms with E-state index in [1.165, 1.54) is 11.8 Å². The van der Waals surface area contributed by atoms with E-state index in [0.29, 0.717) is 12.8 Å². The smallest absolute Gasteiger partial charge is 0.326 e. The van der Waals surface area contributed by atoms with Crippen molar-refractivity contribution < 1.29 is 34.2 Å². The molecule has 192 valence electrons. The standard InChI is InChI=1S/C23H33N5O7/c1-13(29)19(27-20(31)15(24)9-10-18(25)30)22(33)28-11-5-8-17(28)21(32)26-16(23(34)35)12-14-6-3-2-4-7-14/h2-4,6-7,13,15-17,19,29H,5,8-12,24H2,1H3,(H2,25,30)(H,26,32)(H,27,31)(H,34,35). The Kier molecular flexibility index (Phi) is 10.2. The van der Waals surface area contributed by atoms with Gasteiger partial charge in [-0.1, -0.05) is 30.3 Å². The molecule has 0 radical (unpaired) electrons. The van der Waals surface area contributed by atoms with Crippen molar-refractivity contribution >= 4 is 29.6 Å². The number of likely N-dealkylation sites (tertiary alicyclic amines) is 1. The van der Waals surface area contributed by atoms with Crippen molar-refractivity contribution in [3.05, 3.63) is 35.9 Å². The fourth-order valence-corrected chi connectivity index (χ4v) is 3.88. The summed E-state index contributed by atoms with van der Waals surface area (Å²) in [6.45, 7) is 1.50. The minimum absolute atomic E-state index is 0.0331. The van der Waals surface area contributed by atoms with Gasteiger partial charge in [0.25, 0.3) is 0 Å². The average Bonchev–Trinajstić information content (AvgIpc) is 3.30. The lowest BCUT2D eigenvalue weighted by atomic mass is 10.0. The van der Waals surface area contributed by atoms with Crippen LogP contribution in [0.15, 0.2) is 30.3 Å². The number of rotatable bonds is 12. The Labute approximate surface area is 203 Å². The second kappa shape index (κ2) is 12.8. The number of nitrogens with one attached hydrogen (secondary N) is 2. The van der Waals surface area contributed by atoms with Gasteiger partial charge in [0.05, 0.1) is 12.1 Å². The Balaban J connectivity index is 2.08. The van der Waals surface area contributed by atoms with E-state index in [1.807, 2.05) is 0 Å². The molecule has 4 amide bonds. The van der Waals surface area contributed by atoms with Crippen LogP contribution in [0.4, 0.5) is 0 Å². The molecule has 2 rings (SSSR count). The zero-order chi connectivity index (χ0) is 26.1. The Morgan fingerprint density at radius 1 is 1.14 bits per heavy atom. The molecule has 1 aliphatic rings. The van der Waals surface area contributed by atoms with E-state index in [0.717, 1.165) is 5.56 Å². The van der Waals surface area contributed by atoms with Crippen LogP contribution < -0.4 is 22.1 Å². The number of hydrogen-bond donors (Lipinski definition) is 6. The van der Waals surface area contributed by atoms with E-state index in [1.54, 1.807) is 30.3 Å². The fraction of sp³-hybridized carbons (Fsp3) is 0.522. The number of hydrogen-bond acceptors (Lipinski definition) is 7. The number of nitrogens with zero attached hydrogens (tertiary/aromatic N) is 1. The van der Waals surface area contributed by atoms with Crippen LogP contribution in [0.2, 0.25) is 0 Å². The summed E-state index contributed by atoms with van der Waals surface area (Å²) < 4.78 is 0. The highest BCUT2D eigenvalue weighted by molar-refractivity contribution is 5.95. The van der Waals surface area contributed by atoms with Gasteiger partial charge in [-0.05, 0) is 31.7 Å². The summed E-state index contributed by atoms with van der Waals surface area (Å²) in [5.41, 5.74) is 11.5. The van der Waals surface area contributed by atoms with E-state index in [-0.39, 0.29) is 25.8 Å². The molecule has 1 aromatic rings. The minimum Gasteiger partial charge on any atom is -0.480 e. The van der Waals surface area contributed by atoms with Gasteiger partial charge in [0, 0.05) is 19.4 Å². The summed E-state index contributed by atoms with van der Waals surface area (Å²) in [5, 5.41) is 24.6. The summed E-state index contributed by atoms with van der Waals surface area (Å²) in [5.74, 6) is -3.91. The third-order valence-electron chi connectivity index (χ3n) is 5.82. The van der Waals surface area contributed by atoms with E-state index in [4.69, 9.17) is 11.5 Å². The molecule has 1 aromatic carbocycles. The number of primary amides is 1. The van der Waals surface area contributed by atoms with Crippen LogP contribution in [0.5, 0.6) is 0 Å². The number of amides is 4. The zero-order valence-corrected chi connectivity index (χ0v) is 19.6. The van der Waals surface area contributed by atoms with Crippen molar-refractivity contribution in [2.24, 2.45) is 11.5 Å². The quantitative estimate of drug-likeness (QED) is 0.197. The van der Waals surface area contributed by atoms with Gasteiger partial charge in [0.2, 0.25) is 23.6 Å². The molecule has 12 heteroatoms. The van der Waals surface area contributed by atoms with Crippen molar-refractivity contribution in [3.63, 3.8) is 0 Å². The van der Waals surface area contributed by atoms with E-state index in [9.17, 15) is 34.2 Å². The molecule has 0 aliphatic carbocycles. The van der Waals surface area contributed by atoms with Crippen molar-refractivity contribution in [2.75, 3.05) is 6.54 Å². The first-order chi connectivity index (χ1) is 16.5. The van der Waals surface area contributed by atoms with Gasteiger partial charge >= 0.3 is 5.97 Å². The first-order valence-electron chi connectivity index (χ1n) is 11.4. The highest BCUT2D eigenvalue weighted by atomic mass is 16.4. The maximum atomic E-state index is 13.2. The van der Waals surface area contributed by atoms with Gasteiger partial charge < -0.3 is 37.2 Å². The van der Waals surface area contributed by atoms with Gasteiger partial charge in [-0.25, -0.2) is 4.79 Å². The lowest BCUT2D eigenvalue weighted by molar-refractivity contribution is -0.146. The molecular weight excluding hydrogens is 458 g/mol. The van der Waals surface area contributed by atoms with Crippen LogP contribution in [0.3, 0.4) is 0 Å². The molecule has 5 unspecified atom stereocenters. The zero-order valence-electron chi connectivity index (χ0n) is 19.6. The number of benzene rings is 1. The molecule has 0 bridgehead atoms. The molecular formula is C23H33N5O7. The lowest BCUT2D eigenvalue weighted by Gasteiger charge is -2.31. The minimum atomic E-state index is -1.38. The topological polar surface area (TPSA) is 205 Å². The molecule has 8 N–H and O–H groups in total. The van der Waals surface area contributed by atoms with Crippen LogP contribution in [0, 0.1) is 0 Å². The summed E-state index contributed by atoms with van der Waals surface area (Å²) >= 11 is 0. The van der Waals surface area contributed by atoms with Crippen LogP contribution in [-0.2, 0) is 30.4 Å². The monoisotopic (exact) mass is 491 g/mol. The van der Waals surface area contributed by atoms with Crippen LogP contribution in [0.25, 0.3) is 0 Å². The Hall–Kier alpha value is -3.51. The summed E-state index contributed by atoms with van der Waals surface area (Å²) in [7, 11) is 0. The molecule has 12 nitrogen and oxygen atoms in total. The van der Waals surface area contributed by atoms with Crippen LogP contribution >= 0.6 is 0 Å². The molecule has 1 fully saturated rings. The lowest BCUT2D eigenvalue weighted by Crippen LogP contribution is -2.59. The van der Waals surface area contributed by atoms with E-state index >= 15 is 0 Å². The van der Waals surface area contributed by atoms with Gasteiger partial charge in [0.15, 0.2) is 0 Å². The molecule has 0 aromatic heterocycles. The number of aliphatic carboxylic acids is 1. The van der Waals surface area contributed by atoms with Crippen molar-refractivity contribution in [2.45, 2.75) is 69.3 Å². The first kappa shape index (κ1) is 27.7. The predicted molar refractivity (Wildman–Crippen MR) is 124 cm³/mol. The molecule has 5 atom stereocenters. The van der Waals surface area contributed by atoms with Crippen LogP contribution in [-0.4, -0.2) is 81.5 Å². The normalized spacial score (nSPS) is 18.7. The number of aliphatic hydroxyl groups is 1. The van der Waals surface area contributed by atoms with Crippen molar-refractivity contribution in [3.8, 4) is 0 Å². The van der Waals surface area contributed by atoms with Gasteiger partial charge in [-0.3, -0.25) is 19.2 Å². The third kappa shape index (κ3) is 8.04. The van der Waals surface area contributed by atoms with Crippen molar-refractivity contribution in [1.29, 1.82) is 0 Å². The number of aliphatic hydroxyl groups excluding tert-OH is 1. The largest absolute Gasteiger partial charge is 0.480 e. The summed E-state index contributed by atoms with van der Waals surface area (Å²) in [6.07, 6.45) is -0.604. The molecule has 0 spiro atoms. The number of nitrogens with two attached hydrogens (primary N) is 2. The van der Waals surface area contributed by atoms with Gasteiger partial charge in [-0.15, -0.1) is 0 Å². The predicted octanol–water partition coefficient (Wildman–Crippen LogP) is -1.75. The first-order valence-corrected chi connectivity index (χ1v) is 11.4. The summed E-state index contributed by atoms with van der Waals surface area (Å²) in [4.78, 5) is 62.4. The van der Waals surface area contributed by atoms with E-state index in [2.05, 4.69) is 10.6 Å². The van der Waals surface area contributed by atoms with Gasteiger partial charge in [-0.2, -0.15) is 0 Å². The molecule has 1 saturated heterocycles. The SMILES string of the molecule is CC(O)C(NC(=O)C(N)CCC(N)=O)C(=O)N1CCCC1C(=O)NC(Cc1ccccc1)C(=O)O. The molecule has 0 saturated carbocycles.